The highest BCUT2D eigenvalue weighted by Crippen LogP contribution is 2.20. The van der Waals surface area contributed by atoms with E-state index in [0.717, 1.165) is 11.3 Å². The second-order valence-electron chi connectivity index (χ2n) is 10.0. The molecule has 8 nitrogen and oxygen atoms in total. The minimum atomic E-state index is -1.04. The Morgan fingerprint density at radius 2 is 1.38 bits per heavy atom. The topological polar surface area (TPSA) is 126 Å². The molecular weight excluding hydrogens is 410 g/mol. The first-order valence-corrected chi connectivity index (χ1v) is 11.5. The van der Waals surface area contributed by atoms with E-state index in [1.54, 1.807) is 20.8 Å². The first-order chi connectivity index (χ1) is 14.7. The molecule has 0 aliphatic heterocycles. The third-order valence-corrected chi connectivity index (χ3v) is 5.22. The Morgan fingerprint density at radius 3 is 1.81 bits per heavy atom. The fourth-order valence-corrected chi connectivity index (χ4v) is 3.35. The van der Waals surface area contributed by atoms with Crippen molar-refractivity contribution in [3.63, 3.8) is 0 Å². The van der Waals surface area contributed by atoms with Crippen LogP contribution in [-0.4, -0.2) is 68.9 Å². The molecular formula is C24H45N3O5. The number of hydrogen-bond donors (Lipinski definition) is 7. The van der Waals surface area contributed by atoms with Gasteiger partial charge in [-0.25, -0.2) is 0 Å². The van der Waals surface area contributed by atoms with Crippen molar-refractivity contribution in [2.75, 3.05) is 0 Å². The predicted molar refractivity (Wildman–Crippen MR) is 127 cm³/mol. The van der Waals surface area contributed by atoms with E-state index >= 15 is 0 Å². The van der Waals surface area contributed by atoms with Crippen molar-refractivity contribution in [3.05, 3.63) is 29.8 Å². The maximum atomic E-state index is 10.9. The van der Waals surface area contributed by atoms with Crippen LogP contribution in [0.2, 0.25) is 0 Å². The number of rotatable bonds is 13. The van der Waals surface area contributed by atoms with E-state index in [0.29, 0.717) is 6.42 Å². The molecule has 7 atom stereocenters. The fraction of sp³-hybridized carbons (Fsp3) is 0.750. The first kappa shape index (κ1) is 28.8. The highest BCUT2D eigenvalue weighted by atomic mass is 16.5. The van der Waals surface area contributed by atoms with E-state index in [2.05, 4.69) is 16.0 Å². The van der Waals surface area contributed by atoms with Crippen molar-refractivity contribution < 1.29 is 25.2 Å². The summed E-state index contributed by atoms with van der Waals surface area (Å²) in [5.74, 6) is 0.760. The standard InChI is InChI=1S/C24H45N3O5/c1-14(2)21(23(31)25-15(3)16(4)28)27-22(30)20(26-17(5)29)13-18-9-11-19(12-10-18)32-24(6,7)8/h9-12,14-17,20-23,25-31H,13H2,1-8H3/t15-,16+,17+,20-,21+,22-,23+/m0/s1. The molecule has 1 aromatic carbocycles. The summed E-state index contributed by atoms with van der Waals surface area (Å²) < 4.78 is 5.86. The van der Waals surface area contributed by atoms with Gasteiger partial charge in [0, 0.05) is 6.04 Å². The molecule has 0 spiro atoms. The largest absolute Gasteiger partial charge is 0.488 e. The number of aliphatic hydroxyl groups is 4. The molecule has 7 N–H and O–H groups in total. The second-order valence-corrected chi connectivity index (χ2v) is 10.0. The van der Waals surface area contributed by atoms with Crippen LogP contribution in [0, 0.1) is 5.92 Å². The summed E-state index contributed by atoms with van der Waals surface area (Å²) in [5.41, 5.74) is 0.678. The van der Waals surface area contributed by atoms with E-state index < -0.39 is 36.9 Å². The van der Waals surface area contributed by atoms with Gasteiger partial charge in [0.05, 0.1) is 18.2 Å². The Hall–Kier alpha value is -1.26. The lowest BCUT2D eigenvalue weighted by molar-refractivity contribution is -0.00564. The molecule has 0 radical (unpaired) electrons. The van der Waals surface area contributed by atoms with Gasteiger partial charge in [-0.3, -0.25) is 16.0 Å². The van der Waals surface area contributed by atoms with Crippen molar-refractivity contribution in [2.24, 2.45) is 5.92 Å². The number of hydrogen-bond acceptors (Lipinski definition) is 8. The predicted octanol–water partition coefficient (Wildman–Crippen LogP) is 1.31. The molecule has 0 aliphatic carbocycles. The molecule has 0 amide bonds. The average Bonchev–Trinajstić information content (AvgIpc) is 2.64. The van der Waals surface area contributed by atoms with Crippen molar-refractivity contribution in [2.45, 2.75) is 110 Å². The zero-order valence-electron chi connectivity index (χ0n) is 20.8. The summed E-state index contributed by atoms with van der Waals surface area (Å²) in [6.45, 7) is 14.9. The van der Waals surface area contributed by atoms with E-state index in [1.165, 1.54) is 0 Å². The van der Waals surface area contributed by atoms with Gasteiger partial charge < -0.3 is 25.2 Å². The minimum Gasteiger partial charge on any atom is -0.488 e. The molecule has 0 aliphatic rings. The molecule has 0 saturated heterocycles. The van der Waals surface area contributed by atoms with Gasteiger partial charge in [0.1, 0.15) is 30.0 Å². The van der Waals surface area contributed by atoms with Crippen LogP contribution in [0.25, 0.3) is 0 Å². The molecule has 0 aromatic heterocycles. The van der Waals surface area contributed by atoms with Crippen LogP contribution in [0.15, 0.2) is 24.3 Å². The van der Waals surface area contributed by atoms with Gasteiger partial charge in [0.15, 0.2) is 0 Å². The maximum absolute atomic E-state index is 10.9. The second kappa shape index (κ2) is 12.8. The Balaban J connectivity index is 2.90. The molecule has 0 bridgehead atoms. The number of ether oxygens (including phenoxy) is 1. The molecule has 0 fully saturated rings. The zero-order chi connectivity index (χ0) is 24.6. The van der Waals surface area contributed by atoms with E-state index in [-0.39, 0.29) is 17.6 Å². The van der Waals surface area contributed by atoms with Crippen LogP contribution in [-0.2, 0) is 6.42 Å². The molecule has 0 unspecified atom stereocenters. The Kier molecular flexibility index (Phi) is 11.5. The minimum absolute atomic E-state index is 0.00520. The Labute approximate surface area is 193 Å². The highest BCUT2D eigenvalue weighted by Gasteiger charge is 2.30. The van der Waals surface area contributed by atoms with E-state index in [4.69, 9.17) is 4.74 Å². The number of benzene rings is 1. The molecule has 8 heteroatoms. The number of aliphatic hydroxyl groups excluding tert-OH is 4. The van der Waals surface area contributed by atoms with E-state index in [9.17, 15) is 20.4 Å². The average molecular weight is 456 g/mol. The van der Waals surface area contributed by atoms with Crippen LogP contribution >= 0.6 is 0 Å². The van der Waals surface area contributed by atoms with Crippen LogP contribution in [0.5, 0.6) is 5.75 Å². The summed E-state index contributed by atoms with van der Waals surface area (Å²) in [6.07, 6.45) is -3.02. The molecule has 186 valence electrons. The van der Waals surface area contributed by atoms with Gasteiger partial charge in [-0.15, -0.1) is 0 Å². The molecule has 1 aromatic rings. The summed E-state index contributed by atoms with van der Waals surface area (Å²) in [6, 6.07) is 6.35. The monoisotopic (exact) mass is 455 g/mol. The van der Waals surface area contributed by atoms with Gasteiger partial charge >= 0.3 is 0 Å². The third-order valence-electron chi connectivity index (χ3n) is 5.22. The first-order valence-electron chi connectivity index (χ1n) is 11.5. The van der Waals surface area contributed by atoms with Crippen molar-refractivity contribution in [1.82, 2.24) is 16.0 Å². The SMILES string of the molecule is CC(C)[C@@H](N[C@@H](O)[C@H](Cc1ccc(OC(C)(C)C)cc1)N[C@@H](C)O)[C@@H](O)N[C@@H](C)[C@@H](C)O. The van der Waals surface area contributed by atoms with Gasteiger partial charge in [0.25, 0.3) is 0 Å². The zero-order valence-corrected chi connectivity index (χ0v) is 20.8. The van der Waals surface area contributed by atoms with Gasteiger partial charge in [0.2, 0.25) is 0 Å². The normalized spacial score (nSPS) is 19.2. The summed E-state index contributed by atoms with van der Waals surface area (Å²) in [7, 11) is 0. The van der Waals surface area contributed by atoms with Crippen molar-refractivity contribution in [3.8, 4) is 5.75 Å². The molecule has 1 rings (SSSR count). The lowest BCUT2D eigenvalue weighted by Crippen LogP contribution is -2.61. The molecule has 0 heterocycles. The van der Waals surface area contributed by atoms with E-state index in [1.807, 2.05) is 58.9 Å². The smallest absolute Gasteiger partial charge is 0.121 e. The van der Waals surface area contributed by atoms with Crippen LogP contribution < -0.4 is 20.7 Å². The maximum Gasteiger partial charge on any atom is 0.121 e. The Morgan fingerprint density at radius 1 is 0.812 bits per heavy atom. The van der Waals surface area contributed by atoms with Gasteiger partial charge in [-0.1, -0.05) is 26.0 Å². The van der Waals surface area contributed by atoms with Gasteiger partial charge in [-0.2, -0.15) is 0 Å². The summed E-state index contributed by atoms with van der Waals surface area (Å²) >= 11 is 0. The quantitative estimate of drug-likeness (QED) is 0.222. The van der Waals surface area contributed by atoms with Crippen LogP contribution in [0.1, 0.15) is 61.0 Å². The number of nitrogens with one attached hydrogen (secondary N) is 3. The summed E-state index contributed by atoms with van der Waals surface area (Å²) in [4.78, 5) is 0. The van der Waals surface area contributed by atoms with Gasteiger partial charge in [-0.05, 0) is 71.6 Å². The Bertz CT molecular complexity index is 646. The fourth-order valence-electron chi connectivity index (χ4n) is 3.35. The lowest BCUT2D eigenvalue weighted by Gasteiger charge is -2.35. The van der Waals surface area contributed by atoms with Crippen LogP contribution in [0.3, 0.4) is 0 Å². The molecule has 32 heavy (non-hydrogen) atoms. The van der Waals surface area contributed by atoms with Crippen molar-refractivity contribution >= 4 is 0 Å². The molecule has 0 saturated carbocycles. The van der Waals surface area contributed by atoms with Crippen molar-refractivity contribution in [1.29, 1.82) is 0 Å². The highest BCUT2D eigenvalue weighted by molar-refractivity contribution is 5.28. The van der Waals surface area contributed by atoms with Crippen LogP contribution in [0.4, 0.5) is 0 Å². The third kappa shape index (κ3) is 10.6. The lowest BCUT2D eigenvalue weighted by atomic mass is 9.99. The summed E-state index contributed by atoms with van der Waals surface area (Å²) in [5, 5.41) is 50.2.